The molecule has 212 valence electrons. The first-order valence-corrected chi connectivity index (χ1v) is 14.0. The number of nitrogens with zero attached hydrogens (tertiary/aromatic N) is 2. The standard InChI is InChI=1S/C33H28ClN3O5/c1-33(2)18-24-31(27(38)19-33)32(29-16-15-28(42-29)22-7-3-5-9-25(22)37(40)41)36(26-10-6-4-8-23(26)35-24)30(39)17-20-11-13-21(34)14-12-20/h3-16,32,35H,17-19H2,1-2H3/t32-/m1/s1. The summed E-state index contributed by atoms with van der Waals surface area (Å²) in [5.41, 5.74) is 3.19. The van der Waals surface area contributed by atoms with E-state index < -0.39 is 11.0 Å². The zero-order valence-electron chi connectivity index (χ0n) is 23.1. The third-order valence-electron chi connectivity index (χ3n) is 7.70. The normalized spacial score (nSPS) is 17.6. The van der Waals surface area contributed by atoms with Crippen LogP contribution in [0.1, 0.15) is 44.1 Å². The third-order valence-corrected chi connectivity index (χ3v) is 7.95. The smallest absolute Gasteiger partial charge is 0.280 e. The third kappa shape index (κ3) is 5.10. The number of nitro benzene ring substituents is 1. The number of para-hydroxylation sites is 3. The van der Waals surface area contributed by atoms with Crippen molar-refractivity contribution >= 4 is 40.4 Å². The van der Waals surface area contributed by atoms with E-state index in [0.29, 0.717) is 46.1 Å². The highest BCUT2D eigenvalue weighted by molar-refractivity contribution is 6.30. The number of furan rings is 1. The van der Waals surface area contributed by atoms with E-state index in [4.69, 9.17) is 16.0 Å². The van der Waals surface area contributed by atoms with Crippen molar-refractivity contribution in [2.24, 2.45) is 5.41 Å². The van der Waals surface area contributed by atoms with Gasteiger partial charge in [-0.15, -0.1) is 0 Å². The second-order valence-electron chi connectivity index (χ2n) is 11.4. The van der Waals surface area contributed by atoms with Crippen molar-refractivity contribution in [2.75, 3.05) is 10.2 Å². The van der Waals surface area contributed by atoms with E-state index in [2.05, 4.69) is 5.32 Å². The summed E-state index contributed by atoms with van der Waals surface area (Å²) in [6.45, 7) is 4.09. The molecule has 1 aliphatic heterocycles. The van der Waals surface area contributed by atoms with E-state index in [9.17, 15) is 19.7 Å². The second-order valence-corrected chi connectivity index (χ2v) is 11.9. The zero-order chi connectivity index (χ0) is 29.6. The number of hydrogen-bond acceptors (Lipinski definition) is 6. The van der Waals surface area contributed by atoms with Crippen LogP contribution < -0.4 is 10.2 Å². The molecule has 0 spiro atoms. The second kappa shape index (κ2) is 10.6. The van der Waals surface area contributed by atoms with Crippen LogP contribution in [-0.4, -0.2) is 16.6 Å². The number of allylic oxidation sites excluding steroid dienone is 1. The van der Waals surface area contributed by atoms with Crippen LogP contribution in [-0.2, 0) is 16.0 Å². The molecule has 0 saturated heterocycles. The zero-order valence-corrected chi connectivity index (χ0v) is 23.9. The molecule has 9 heteroatoms. The summed E-state index contributed by atoms with van der Waals surface area (Å²) >= 11 is 6.09. The summed E-state index contributed by atoms with van der Waals surface area (Å²) in [6, 6.07) is 23.3. The number of rotatable bonds is 5. The molecule has 0 unspecified atom stereocenters. The Bertz CT molecular complexity index is 1760. The van der Waals surface area contributed by atoms with Crippen LogP contribution in [0.15, 0.2) is 101 Å². The summed E-state index contributed by atoms with van der Waals surface area (Å²) in [5, 5.41) is 15.8. The summed E-state index contributed by atoms with van der Waals surface area (Å²) in [4.78, 5) is 41.1. The SMILES string of the molecule is CC1(C)CC(=O)C2=C(C1)Nc1ccccc1N(C(=O)Cc1ccc(Cl)cc1)[C@@H]2c1ccc(-c2ccccc2[N+](=O)[O-])o1. The van der Waals surface area contributed by atoms with Crippen molar-refractivity contribution in [3.63, 3.8) is 0 Å². The Morgan fingerprint density at radius 1 is 1.02 bits per heavy atom. The lowest BCUT2D eigenvalue weighted by atomic mass is 9.74. The summed E-state index contributed by atoms with van der Waals surface area (Å²) < 4.78 is 6.34. The number of carbonyl (C=O) groups is 2. The summed E-state index contributed by atoms with van der Waals surface area (Å²) in [5.74, 6) is 0.288. The minimum Gasteiger partial charge on any atom is -0.458 e. The van der Waals surface area contributed by atoms with Gasteiger partial charge < -0.3 is 9.73 Å². The molecule has 4 aromatic rings. The number of halogens is 1. The van der Waals surface area contributed by atoms with Gasteiger partial charge >= 0.3 is 0 Å². The van der Waals surface area contributed by atoms with E-state index in [0.717, 1.165) is 11.3 Å². The lowest BCUT2D eigenvalue weighted by Crippen LogP contribution is -2.40. The van der Waals surface area contributed by atoms with Gasteiger partial charge in [0.2, 0.25) is 5.91 Å². The molecular formula is C33H28ClN3O5. The van der Waals surface area contributed by atoms with Crippen LogP contribution in [0.3, 0.4) is 0 Å². The Labute approximate surface area is 247 Å². The van der Waals surface area contributed by atoms with E-state index >= 15 is 0 Å². The number of benzene rings is 3. The topological polar surface area (TPSA) is 106 Å². The van der Waals surface area contributed by atoms with E-state index in [-0.39, 0.29) is 35.0 Å². The molecule has 0 saturated carbocycles. The quantitative estimate of drug-likeness (QED) is 0.190. The molecule has 3 aromatic carbocycles. The fourth-order valence-electron chi connectivity index (χ4n) is 5.88. The first-order valence-electron chi connectivity index (χ1n) is 13.6. The van der Waals surface area contributed by atoms with Crippen molar-refractivity contribution in [1.29, 1.82) is 0 Å². The number of ketones is 1. The Morgan fingerprint density at radius 3 is 2.50 bits per heavy atom. The minimum atomic E-state index is -0.893. The molecule has 2 heterocycles. The van der Waals surface area contributed by atoms with Crippen molar-refractivity contribution < 1.29 is 18.9 Å². The highest BCUT2D eigenvalue weighted by atomic mass is 35.5. The first kappa shape index (κ1) is 27.5. The molecule has 1 aromatic heterocycles. The fourth-order valence-corrected chi connectivity index (χ4v) is 6.01. The first-order chi connectivity index (χ1) is 20.1. The van der Waals surface area contributed by atoms with Crippen LogP contribution in [0.25, 0.3) is 11.3 Å². The van der Waals surface area contributed by atoms with Gasteiger partial charge in [-0.2, -0.15) is 0 Å². The van der Waals surface area contributed by atoms with Gasteiger partial charge in [0, 0.05) is 28.8 Å². The van der Waals surface area contributed by atoms with Gasteiger partial charge in [-0.3, -0.25) is 24.6 Å². The lowest BCUT2D eigenvalue weighted by molar-refractivity contribution is -0.384. The van der Waals surface area contributed by atoms with Crippen LogP contribution in [0.4, 0.5) is 17.1 Å². The van der Waals surface area contributed by atoms with E-state index in [1.54, 1.807) is 59.5 Å². The van der Waals surface area contributed by atoms with Crippen molar-refractivity contribution in [3.8, 4) is 11.3 Å². The average molecular weight is 582 g/mol. The number of carbonyl (C=O) groups excluding carboxylic acids is 2. The van der Waals surface area contributed by atoms with Gasteiger partial charge in [0.05, 0.1) is 28.3 Å². The van der Waals surface area contributed by atoms with Crippen molar-refractivity contribution in [2.45, 2.75) is 39.2 Å². The predicted octanol–water partition coefficient (Wildman–Crippen LogP) is 7.89. The molecule has 0 fully saturated rings. The Balaban J connectivity index is 1.54. The van der Waals surface area contributed by atoms with Gasteiger partial charge in [0.25, 0.3) is 5.69 Å². The largest absolute Gasteiger partial charge is 0.458 e. The monoisotopic (exact) mass is 581 g/mol. The number of nitrogens with one attached hydrogen (secondary N) is 1. The van der Waals surface area contributed by atoms with Crippen molar-refractivity contribution in [1.82, 2.24) is 0 Å². The fraction of sp³-hybridized carbons (Fsp3) is 0.212. The number of anilines is 2. The predicted molar refractivity (Wildman–Crippen MR) is 161 cm³/mol. The average Bonchev–Trinajstić information content (AvgIpc) is 3.38. The Hall–Kier alpha value is -4.69. The molecule has 1 amide bonds. The summed E-state index contributed by atoms with van der Waals surface area (Å²) in [6.07, 6.45) is 0.954. The molecule has 1 N–H and O–H groups in total. The van der Waals surface area contributed by atoms with E-state index in [1.165, 1.54) is 6.07 Å². The Morgan fingerprint density at radius 2 is 1.74 bits per heavy atom. The highest BCUT2D eigenvalue weighted by Crippen LogP contribution is 2.49. The maximum atomic E-state index is 14.3. The minimum absolute atomic E-state index is 0.0576. The molecule has 1 aliphatic carbocycles. The van der Waals surface area contributed by atoms with E-state index in [1.807, 2.05) is 38.1 Å². The molecule has 1 atom stereocenters. The molecule has 0 radical (unpaired) electrons. The maximum Gasteiger partial charge on any atom is 0.280 e. The number of Topliss-reactive ketones (excluding diaryl/α,β-unsaturated/α-hetero) is 1. The number of fused-ring (bicyclic) bond motifs is 1. The molecule has 8 nitrogen and oxygen atoms in total. The number of amides is 1. The van der Waals surface area contributed by atoms with Crippen LogP contribution in [0, 0.1) is 15.5 Å². The van der Waals surface area contributed by atoms with Crippen LogP contribution in [0.2, 0.25) is 5.02 Å². The number of nitro groups is 1. The maximum absolute atomic E-state index is 14.3. The van der Waals surface area contributed by atoms with Crippen molar-refractivity contribution in [3.05, 3.63) is 123 Å². The van der Waals surface area contributed by atoms with Gasteiger partial charge in [0.15, 0.2) is 5.78 Å². The molecule has 2 aliphatic rings. The summed E-state index contributed by atoms with van der Waals surface area (Å²) in [7, 11) is 0. The van der Waals surface area contributed by atoms with Gasteiger partial charge in [-0.05, 0) is 59.9 Å². The highest BCUT2D eigenvalue weighted by Gasteiger charge is 2.44. The van der Waals surface area contributed by atoms with Crippen LogP contribution in [0.5, 0.6) is 0 Å². The van der Waals surface area contributed by atoms with Gasteiger partial charge in [-0.25, -0.2) is 0 Å². The molecule has 42 heavy (non-hydrogen) atoms. The lowest BCUT2D eigenvalue weighted by Gasteiger charge is -2.36. The van der Waals surface area contributed by atoms with Gasteiger partial charge in [0.1, 0.15) is 17.6 Å². The molecule has 0 bridgehead atoms. The Kier molecular flexibility index (Phi) is 6.94. The molecular weight excluding hydrogens is 554 g/mol. The number of hydrogen-bond donors (Lipinski definition) is 1. The van der Waals surface area contributed by atoms with Gasteiger partial charge in [-0.1, -0.05) is 61.8 Å². The van der Waals surface area contributed by atoms with Crippen LogP contribution >= 0.6 is 11.6 Å². The molecule has 6 rings (SSSR count).